The molecule has 0 aliphatic heterocycles. The van der Waals surface area contributed by atoms with Crippen LogP contribution in [0.5, 0.6) is 0 Å². The first-order valence-electron chi connectivity index (χ1n) is 8.45. The minimum absolute atomic E-state index is 0.311. The fraction of sp³-hybridized carbons (Fsp3) is 0.238. The molecule has 0 amide bonds. The molecule has 2 N–H and O–H groups in total. The standard InChI is InChI=1S/C21H23O3P/c1-16-17(14-18(22)15-21(16)23)12-13-25(24,19-8-4-2-5-9-19)20-10-6-3-7-11-20/h2-12,18,21-23H,1,13-15H2/b17-12-/t18-,21+/m1/s1. The molecule has 2 aromatic rings. The normalized spacial score (nSPS) is 23.0. The third kappa shape index (κ3) is 3.85. The molecular formula is C21H23O3P. The fourth-order valence-electron chi connectivity index (χ4n) is 3.23. The molecule has 0 spiro atoms. The van der Waals surface area contributed by atoms with Crippen LogP contribution in [0.25, 0.3) is 0 Å². The third-order valence-corrected chi connectivity index (χ3v) is 7.67. The maximum atomic E-state index is 13.9. The van der Waals surface area contributed by atoms with E-state index in [2.05, 4.69) is 6.58 Å². The Balaban J connectivity index is 1.98. The monoisotopic (exact) mass is 354 g/mol. The van der Waals surface area contributed by atoms with Gasteiger partial charge in [0.15, 0.2) is 0 Å². The van der Waals surface area contributed by atoms with Crippen LogP contribution in [-0.2, 0) is 4.57 Å². The molecule has 1 fully saturated rings. The average Bonchev–Trinajstić information content (AvgIpc) is 2.64. The Kier molecular flexibility index (Phi) is 5.39. The molecule has 0 unspecified atom stereocenters. The van der Waals surface area contributed by atoms with E-state index >= 15 is 0 Å². The molecule has 3 rings (SSSR count). The zero-order chi connectivity index (χ0) is 17.9. The minimum Gasteiger partial charge on any atom is -0.393 e. The highest BCUT2D eigenvalue weighted by molar-refractivity contribution is 7.78. The number of benzene rings is 2. The molecule has 0 bridgehead atoms. The Labute approximate surface area is 148 Å². The largest absolute Gasteiger partial charge is 0.393 e. The highest BCUT2D eigenvalue weighted by Gasteiger charge is 2.29. The van der Waals surface area contributed by atoms with Crippen molar-refractivity contribution < 1.29 is 14.8 Å². The molecule has 2 atom stereocenters. The van der Waals surface area contributed by atoms with Gasteiger partial charge in [0, 0.05) is 23.2 Å². The molecule has 4 heteroatoms. The first-order chi connectivity index (χ1) is 12.0. The Morgan fingerprint density at radius 3 is 2.04 bits per heavy atom. The maximum Gasteiger partial charge on any atom is 0.146 e. The molecule has 1 aliphatic carbocycles. The van der Waals surface area contributed by atoms with Gasteiger partial charge in [-0.1, -0.05) is 73.3 Å². The van der Waals surface area contributed by atoms with Crippen LogP contribution in [0.1, 0.15) is 12.8 Å². The van der Waals surface area contributed by atoms with Crippen molar-refractivity contribution in [3.05, 3.63) is 84.5 Å². The molecule has 2 aromatic carbocycles. The summed E-state index contributed by atoms with van der Waals surface area (Å²) in [5.74, 6) is 0. The SMILES string of the molecule is C=C1/C(=C\CP(=O)(c2ccccc2)c2ccccc2)C[C@@H](O)C[C@@H]1O. The van der Waals surface area contributed by atoms with Gasteiger partial charge in [0.05, 0.1) is 12.2 Å². The highest BCUT2D eigenvalue weighted by Crippen LogP contribution is 2.44. The lowest BCUT2D eigenvalue weighted by Crippen LogP contribution is -2.27. The lowest BCUT2D eigenvalue weighted by atomic mass is 9.86. The molecular weight excluding hydrogens is 331 g/mol. The van der Waals surface area contributed by atoms with Gasteiger partial charge in [-0.15, -0.1) is 0 Å². The summed E-state index contributed by atoms with van der Waals surface area (Å²) in [6.45, 7) is 3.94. The molecule has 0 radical (unpaired) electrons. The minimum atomic E-state index is -2.84. The lowest BCUT2D eigenvalue weighted by molar-refractivity contribution is 0.0862. The van der Waals surface area contributed by atoms with E-state index in [1.165, 1.54) is 0 Å². The summed E-state index contributed by atoms with van der Waals surface area (Å²) in [6, 6.07) is 19.0. The van der Waals surface area contributed by atoms with E-state index in [9.17, 15) is 14.8 Å². The van der Waals surface area contributed by atoms with Gasteiger partial charge >= 0.3 is 0 Å². The van der Waals surface area contributed by atoms with Gasteiger partial charge < -0.3 is 14.8 Å². The summed E-state index contributed by atoms with van der Waals surface area (Å²) >= 11 is 0. The van der Waals surface area contributed by atoms with Crippen molar-refractivity contribution in [1.82, 2.24) is 0 Å². The van der Waals surface area contributed by atoms with Crippen molar-refractivity contribution >= 4 is 17.8 Å². The lowest BCUT2D eigenvalue weighted by Gasteiger charge is -2.27. The van der Waals surface area contributed by atoms with E-state index in [4.69, 9.17) is 0 Å². The topological polar surface area (TPSA) is 57.5 Å². The second kappa shape index (κ2) is 7.53. The zero-order valence-electron chi connectivity index (χ0n) is 14.1. The second-order valence-corrected chi connectivity index (χ2v) is 9.33. The summed E-state index contributed by atoms with van der Waals surface area (Å²) in [4.78, 5) is 0. The van der Waals surface area contributed by atoms with Crippen molar-refractivity contribution in [3.63, 3.8) is 0 Å². The van der Waals surface area contributed by atoms with Crippen LogP contribution in [0, 0.1) is 0 Å². The zero-order valence-corrected chi connectivity index (χ0v) is 15.0. The number of allylic oxidation sites excluding steroid dienone is 1. The van der Waals surface area contributed by atoms with Gasteiger partial charge in [-0.25, -0.2) is 0 Å². The number of hydrogen-bond acceptors (Lipinski definition) is 3. The highest BCUT2D eigenvalue weighted by atomic mass is 31.2. The van der Waals surface area contributed by atoms with E-state index in [1.54, 1.807) is 0 Å². The average molecular weight is 354 g/mol. The molecule has 0 saturated heterocycles. The van der Waals surface area contributed by atoms with Crippen molar-refractivity contribution in [2.45, 2.75) is 25.0 Å². The predicted octanol–water partition coefficient (Wildman–Crippen LogP) is 3.00. The summed E-state index contributed by atoms with van der Waals surface area (Å²) in [6.07, 6.45) is 1.66. The van der Waals surface area contributed by atoms with E-state index in [0.717, 1.165) is 16.2 Å². The Morgan fingerprint density at radius 1 is 1.00 bits per heavy atom. The quantitative estimate of drug-likeness (QED) is 0.830. The summed E-state index contributed by atoms with van der Waals surface area (Å²) < 4.78 is 13.9. The van der Waals surface area contributed by atoms with Gasteiger partial charge in [0.1, 0.15) is 7.14 Å². The van der Waals surface area contributed by atoms with Crippen LogP contribution < -0.4 is 10.6 Å². The Morgan fingerprint density at radius 2 is 1.52 bits per heavy atom. The molecule has 3 nitrogen and oxygen atoms in total. The molecule has 1 aliphatic rings. The summed E-state index contributed by atoms with van der Waals surface area (Å²) in [5.41, 5.74) is 1.43. The summed E-state index contributed by atoms with van der Waals surface area (Å²) in [7, 11) is -2.84. The van der Waals surface area contributed by atoms with Crippen LogP contribution >= 0.6 is 7.14 Å². The predicted molar refractivity (Wildman–Crippen MR) is 103 cm³/mol. The second-order valence-electron chi connectivity index (χ2n) is 6.46. The third-order valence-electron chi connectivity index (χ3n) is 4.71. The fourth-order valence-corrected chi connectivity index (χ4v) is 5.74. The van der Waals surface area contributed by atoms with Crippen molar-refractivity contribution in [1.29, 1.82) is 0 Å². The molecule has 1 saturated carbocycles. The van der Waals surface area contributed by atoms with Crippen LogP contribution in [0.4, 0.5) is 0 Å². The smallest absolute Gasteiger partial charge is 0.146 e. The van der Waals surface area contributed by atoms with Crippen molar-refractivity contribution in [3.8, 4) is 0 Å². The van der Waals surface area contributed by atoms with E-state index < -0.39 is 19.3 Å². The van der Waals surface area contributed by atoms with Gasteiger partial charge in [0.25, 0.3) is 0 Å². The molecule has 130 valence electrons. The first-order valence-corrected chi connectivity index (χ1v) is 10.3. The molecule has 25 heavy (non-hydrogen) atoms. The van der Waals surface area contributed by atoms with Gasteiger partial charge in [0.2, 0.25) is 0 Å². The van der Waals surface area contributed by atoms with Crippen LogP contribution in [0.3, 0.4) is 0 Å². The van der Waals surface area contributed by atoms with Crippen LogP contribution in [0.2, 0.25) is 0 Å². The first kappa shape index (κ1) is 17.9. The van der Waals surface area contributed by atoms with Gasteiger partial charge in [-0.3, -0.25) is 0 Å². The van der Waals surface area contributed by atoms with Crippen molar-refractivity contribution in [2.24, 2.45) is 0 Å². The Hall–Kier alpha value is -1.93. The summed E-state index contributed by atoms with van der Waals surface area (Å²) in [5, 5.41) is 21.5. The van der Waals surface area contributed by atoms with E-state index in [0.29, 0.717) is 24.6 Å². The van der Waals surface area contributed by atoms with E-state index in [1.807, 2.05) is 66.7 Å². The maximum absolute atomic E-state index is 13.9. The number of aliphatic hydroxyl groups excluding tert-OH is 2. The van der Waals surface area contributed by atoms with Crippen LogP contribution in [0.15, 0.2) is 84.5 Å². The Bertz CT molecular complexity index is 768. The molecule has 0 heterocycles. The van der Waals surface area contributed by atoms with Gasteiger partial charge in [-0.05, 0) is 17.6 Å². The van der Waals surface area contributed by atoms with E-state index in [-0.39, 0.29) is 0 Å². The van der Waals surface area contributed by atoms with Crippen molar-refractivity contribution in [2.75, 3.05) is 6.16 Å². The number of hydrogen-bond donors (Lipinski definition) is 2. The van der Waals surface area contributed by atoms with Gasteiger partial charge in [-0.2, -0.15) is 0 Å². The van der Waals surface area contributed by atoms with Crippen LogP contribution in [-0.4, -0.2) is 28.6 Å². The molecule has 0 aromatic heterocycles. The number of rotatable bonds is 4. The number of aliphatic hydroxyl groups is 2.